The van der Waals surface area contributed by atoms with E-state index in [1.807, 2.05) is 6.07 Å². The molecule has 18 heavy (non-hydrogen) atoms. The van der Waals surface area contributed by atoms with E-state index in [1.165, 1.54) is 25.8 Å². The fourth-order valence-corrected chi connectivity index (χ4v) is 3.07. The van der Waals surface area contributed by atoms with Crippen LogP contribution >= 0.6 is 38.5 Å². The summed E-state index contributed by atoms with van der Waals surface area (Å²) in [5, 5.41) is 0. The highest BCUT2D eigenvalue weighted by molar-refractivity contribution is 14.1. The van der Waals surface area contributed by atoms with Crippen LogP contribution in [0.3, 0.4) is 0 Å². The summed E-state index contributed by atoms with van der Waals surface area (Å²) in [6.07, 6.45) is 0. The summed E-state index contributed by atoms with van der Waals surface area (Å²) >= 11 is 5.85. The Bertz CT molecular complexity index is 529. The smallest absolute Gasteiger partial charge is 0.0565 e. The summed E-state index contributed by atoms with van der Waals surface area (Å²) in [4.78, 5) is 0. The molecule has 0 heterocycles. The van der Waals surface area contributed by atoms with Crippen LogP contribution in [0.1, 0.15) is 28.3 Å². The van der Waals surface area contributed by atoms with Gasteiger partial charge in [-0.25, -0.2) is 0 Å². The standard InChI is InChI=1S/C15H15BrIN/c1-9-3-4-10(2)12(7-9)15(18)13-8-11(16)5-6-14(13)17/h3-8,15H,18H2,1-2H3. The van der Waals surface area contributed by atoms with Gasteiger partial charge in [0.15, 0.2) is 0 Å². The first-order valence-electron chi connectivity index (χ1n) is 5.76. The molecule has 0 saturated heterocycles. The first-order chi connectivity index (χ1) is 8.49. The molecule has 0 spiro atoms. The predicted octanol–water partition coefficient (Wildman–Crippen LogP) is 4.72. The summed E-state index contributed by atoms with van der Waals surface area (Å²) in [6.45, 7) is 4.21. The molecule has 2 N–H and O–H groups in total. The molecule has 0 radical (unpaired) electrons. The number of rotatable bonds is 2. The van der Waals surface area contributed by atoms with E-state index in [0.717, 1.165) is 4.47 Å². The number of benzene rings is 2. The molecule has 2 rings (SSSR count). The first-order valence-corrected chi connectivity index (χ1v) is 7.64. The van der Waals surface area contributed by atoms with E-state index in [1.54, 1.807) is 0 Å². The third-order valence-corrected chi connectivity index (χ3v) is 4.54. The van der Waals surface area contributed by atoms with Gasteiger partial charge in [0.05, 0.1) is 6.04 Å². The number of hydrogen-bond acceptors (Lipinski definition) is 1. The molecule has 1 atom stereocenters. The maximum Gasteiger partial charge on any atom is 0.0565 e. The topological polar surface area (TPSA) is 26.0 Å². The lowest BCUT2D eigenvalue weighted by Gasteiger charge is -2.18. The van der Waals surface area contributed by atoms with Gasteiger partial charge in [0.2, 0.25) is 0 Å². The van der Waals surface area contributed by atoms with Crippen molar-refractivity contribution in [1.29, 1.82) is 0 Å². The first kappa shape index (κ1) is 14.0. The average molecular weight is 416 g/mol. The van der Waals surface area contributed by atoms with Crippen LogP contribution in [0.4, 0.5) is 0 Å². The quantitative estimate of drug-likeness (QED) is 0.705. The lowest BCUT2D eigenvalue weighted by Crippen LogP contribution is -2.15. The zero-order chi connectivity index (χ0) is 13.3. The van der Waals surface area contributed by atoms with E-state index in [9.17, 15) is 0 Å². The third kappa shape index (κ3) is 2.95. The van der Waals surface area contributed by atoms with Crippen LogP contribution in [0.25, 0.3) is 0 Å². The Labute approximate surface area is 130 Å². The van der Waals surface area contributed by atoms with Crippen molar-refractivity contribution in [3.05, 3.63) is 66.7 Å². The van der Waals surface area contributed by atoms with Gasteiger partial charge >= 0.3 is 0 Å². The van der Waals surface area contributed by atoms with Crippen molar-refractivity contribution < 1.29 is 0 Å². The predicted molar refractivity (Wildman–Crippen MR) is 88.8 cm³/mol. The van der Waals surface area contributed by atoms with Crippen molar-refractivity contribution in [3.8, 4) is 0 Å². The van der Waals surface area contributed by atoms with Crippen LogP contribution in [-0.2, 0) is 0 Å². The largest absolute Gasteiger partial charge is 0.320 e. The monoisotopic (exact) mass is 415 g/mol. The Morgan fingerprint density at radius 2 is 1.78 bits per heavy atom. The van der Waals surface area contributed by atoms with Gasteiger partial charge in [0.1, 0.15) is 0 Å². The molecule has 0 aromatic heterocycles. The van der Waals surface area contributed by atoms with Crippen molar-refractivity contribution in [2.75, 3.05) is 0 Å². The Morgan fingerprint density at radius 3 is 2.50 bits per heavy atom. The summed E-state index contributed by atoms with van der Waals surface area (Å²) in [7, 11) is 0. The van der Waals surface area contributed by atoms with Gasteiger partial charge < -0.3 is 5.73 Å². The van der Waals surface area contributed by atoms with Crippen molar-refractivity contribution in [2.45, 2.75) is 19.9 Å². The highest BCUT2D eigenvalue weighted by atomic mass is 127. The Hall–Kier alpha value is -0.390. The van der Waals surface area contributed by atoms with Gasteiger partial charge in [-0.2, -0.15) is 0 Å². The Morgan fingerprint density at radius 1 is 1.06 bits per heavy atom. The average Bonchev–Trinajstić information content (AvgIpc) is 2.34. The van der Waals surface area contributed by atoms with Gasteiger partial charge in [0.25, 0.3) is 0 Å². The van der Waals surface area contributed by atoms with Gasteiger partial charge in [0, 0.05) is 8.04 Å². The summed E-state index contributed by atoms with van der Waals surface area (Å²) < 4.78 is 2.27. The molecule has 1 nitrogen and oxygen atoms in total. The van der Waals surface area contributed by atoms with E-state index in [2.05, 4.69) is 82.7 Å². The van der Waals surface area contributed by atoms with Crippen LogP contribution in [0, 0.1) is 17.4 Å². The molecule has 0 aliphatic heterocycles. The minimum atomic E-state index is -0.0747. The van der Waals surface area contributed by atoms with E-state index < -0.39 is 0 Å². The lowest BCUT2D eigenvalue weighted by atomic mass is 9.94. The molecule has 0 fully saturated rings. The molecule has 0 aliphatic rings. The van der Waals surface area contributed by atoms with Crippen LogP contribution in [0.2, 0.25) is 0 Å². The fraction of sp³-hybridized carbons (Fsp3) is 0.200. The van der Waals surface area contributed by atoms with Crippen molar-refractivity contribution in [2.24, 2.45) is 5.73 Å². The van der Waals surface area contributed by atoms with E-state index in [-0.39, 0.29) is 6.04 Å². The second-order valence-corrected chi connectivity index (χ2v) is 6.58. The summed E-state index contributed by atoms with van der Waals surface area (Å²) in [6, 6.07) is 12.6. The molecular formula is C15H15BrIN. The van der Waals surface area contributed by atoms with Gasteiger partial charge in [-0.15, -0.1) is 0 Å². The second-order valence-electron chi connectivity index (χ2n) is 4.50. The van der Waals surface area contributed by atoms with E-state index in [0.29, 0.717) is 0 Å². The minimum absolute atomic E-state index is 0.0747. The van der Waals surface area contributed by atoms with Crippen molar-refractivity contribution >= 4 is 38.5 Å². The molecule has 0 aliphatic carbocycles. The van der Waals surface area contributed by atoms with Gasteiger partial charge in [-0.1, -0.05) is 39.7 Å². The molecule has 94 valence electrons. The maximum absolute atomic E-state index is 6.43. The molecule has 1 unspecified atom stereocenters. The van der Waals surface area contributed by atoms with Crippen LogP contribution in [0.5, 0.6) is 0 Å². The van der Waals surface area contributed by atoms with Crippen LogP contribution in [-0.4, -0.2) is 0 Å². The number of hydrogen-bond donors (Lipinski definition) is 1. The van der Waals surface area contributed by atoms with Gasteiger partial charge in [-0.3, -0.25) is 0 Å². The maximum atomic E-state index is 6.43. The summed E-state index contributed by atoms with van der Waals surface area (Å²) in [5.74, 6) is 0. The highest BCUT2D eigenvalue weighted by Crippen LogP contribution is 2.29. The zero-order valence-corrected chi connectivity index (χ0v) is 14.1. The Kier molecular flexibility index (Phi) is 4.45. The number of halogens is 2. The van der Waals surface area contributed by atoms with E-state index >= 15 is 0 Å². The van der Waals surface area contributed by atoms with Crippen molar-refractivity contribution in [3.63, 3.8) is 0 Å². The Balaban J connectivity index is 2.50. The van der Waals surface area contributed by atoms with Gasteiger partial charge in [-0.05, 0) is 71.3 Å². The number of aryl methyl sites for hydroxylation is 2. The SMILES string of the molecule is Cc1ccc(C)c(C(N)c2cc(Br)ccc2I)c1. The van der Waals surface area contributed by atoms with Crippen LogP contribution < -0.4 is 5.73 Å². The minimum Gasteiger partial charge on any atom is -0.320 e. The highest BCUT2D eigenvalue weighted by Gasteiger charge is 2.14. The normalized spacial score (nSPS) is 12.5. The second kappa shape index (κ2) is 5.72. The number of nitrogens with two attached hydrogens (primary N) is 1. The third-order valence-electron chi connectivity index (χ3n) is 3.06. The molecule has 0 saturated carbocycles. The summed E-state index contributed by atoms with van der Waals surface area (Å²) in [5.41, 5.74) is 11.3. The van der Waals surface area contributed by atoms with Crippen LogP contribution in [0.15, 0.2) is 40.9 Å². The molecule has 3 heteroatoms. The molecule has 0 bridgehead atoms. The molecule has 2 aromatic rings. The molecule has 2 aromatic carbocycles. The fourth-order valence-electron chi connectivity index (χ4n) is 2.02. The lowest BCUT2D eigenvalue weighted by molar-refractivity contribution is 0.853. The van der Waals surface area contributed by atoms with E-state index in [4.69, 9.17) is 5.73 Å². The zero-order valence-electron chi connectivity index (χ0n) is 10.4. The molecule has 0 amide bonds. The van der Waals surface area contributed by atoms with Crippen molar-refractivity contribution in [1.82, 2.24) is 0 Å². The molecular weight excluding hydrogens is 401 g/mol.